The molecule has 0 saturated heterocycles. The predicted octanol–water partition coefficient (Wildman–Crippen LogP) is 1.71. The zero-order valence-corrected chi connectivity index (χ0v) is 11.7. The van der Waals surface area contributed by atoms with E-state index in [1.54, 1.807) is 24.1 Å². The number of nitrogens with zero attached hydrogens (tertiary/aromatic N) is 4. The molecule has 20 heavy (non-hydrogen) atoms. The molecule has 7 nitrogen and oxygen atoms in total. The van der Waals surface area contributed by atoms with Crippen LogP contribution < -0.4 is 5.32 Å². The van der Waals surface area contributed by atoms with Crippen molar-refractivity contribution in [2.45, 2.75) is 13.0 Å². The second-order valence-electron chi connectivity index (χ2n) is 4.29. The Hall–Kier alpha value is -1.99. The molecule has 1 N–H and O–H groups in total. The minimum atomic E-state index is -0.409. The van der Waals surface area contributed by atoms with Crippen molar-refractivity contribution in [3.63, 3.8) is 0 Å². The molecule has 0 amide bonds. The summed E-state index contributed by atoms with van der Waals surface area (Å²) >= 11 is 5.86. The summed E-state index contributed by atoms with van der Waals surface area (Å²) < 4.78 is 1.64. The third-order valence-corrected chi connectivity index (χ3v) is 2.96. The van der Waals surface area contributed by atoms with Gasteiger partial charge in [-0.3, -0.25) is 14.8 Å². The highest BCUT2D eigenvalue weighted by atomic mass is 35.5. The molecule has 0 spiro atoms. The first-order valence-electron chi connectivity index (χ1n) is 6.04. The van der Waals surface area contributed by atoms with Crippen LogP contribution >= 0.6 is 11.6 Å². The van der Waals surface area contributed by atoms with Crippen LogP contribution in [-0.2, 0) is 20.0 Å². The van der Waals surface area contributed by atoms with Crippen molar-refractivity contribution in [3.05, 3.63) is 51.1 Å². The first-order valence-corrected chi connectivity index (χ1v) is 6.42. The van der Waals surface area contributed by atoms with Gasteiger partial charge in [0.15, 0.2) is 5.82 Å². The topological polar surface area (TPSA) is 85.9 Å². The molecule has 0 aliphatic heterocycles. The van der Waals surface area contributed by atoms with Crippen molar-refractivity contribution >= 4 is 17.3 Å². The minimum absolute atomic E-state index is 0.0675. The fraction of sp³-hybridized carbons (Fsp3) is 0.333. The Balaban J connectivity index is 1.90. The van der Waals surface area contributed by atoms with Gasteiger partial charge in [0.2, 0.25) is 0 Å². The SMILES string of the molecule is Cn1cnc(CCNCc2cc(Cl)ccc2[N+](=O)[O-])n1. The van der Waals surface area contributed by atoms with E-state index in [-0.39, 0.29) is 5.69 Å². The van der Waals surface area contributed by atoms with E-state index in [0.29, 0.717) is 30.1 Å². The lowest BCUT2D eigenvalue weighted by atomic mass is 10.2. The maximum absolute atomic E-state index is 10.9. The van der Waals surface area contributed by atoms with E-state index in [2.05, 4.69) is 15.4 Å². The molecular formula is C12H14ClN5O2. The number of aryl methyl sites for hydroxylation is 1. The summed E-state index contributed by atoms with van der Waals surface area (Å²) in [5, 5.41) is 18.7. The Morgan fingerprint density at radius 3 is 2.95 bits per heavy atom. The van der Waals surface area contributed by atoms with E-state index in [1.807, 2.05) is 0 Å². The molecule has 0 fully saturated rings. The molecule has 2 aromatic rings. The van der Waals surface area contributed by atoms with Gasteiger partial charge in [-0.1, -0.05) is 11.6 Å². The quantitative estimate of drug-likeness (QED) is 0.498. The van der Waals surface area contributed by atoms with Crippen molar-refractivity contribution in [1.29, 1.82) is 0 Å². The van der Waals surface area contributed by atoms with Gasteiger partial charge < -0.3 is 5.32 Å². The van der Waals surface area contributed by atoms with Crippen LogP contribution in [0.3, 0.4) is 0 Å². The monoisotopic (exact) mass is 295 g/mol. The lowest BCUT2D eigenvalue weighted by Crippen LogP contribution is -2.18. The van der Waals surface area contributed by atoms with Crippen LogP contribution in [0.25, 0.3) is 0 Å². The summed E-state index contributed by atoms with van der Waals surface area (Å²) in [6.07, 6.45) is 2.30. The average molecular weight is 296 g/mol. The standard InChI is InChI=1S/C12H14ClN5O2/c1-17-8-15-12(16-17)4-5-14-7-9-6-10(13)2-3-11(9)18(19)20/h2-3,6,8,14H,4-5,7H2,1H3. The molecule has 0 aliphatic carbocycles. The number of aromatic nitrogens is 3. The molecule has 0 bridgehead atoms. The fourth-order valence-corrected chi connectivity index (χ4v) is 1.99. The van der Waals surface area contributed by atoms with Crippen molar-refractivity contribution in [3.8, 4) is 0 Å². The van der Waals surface area contributed by atoms with E-state index < -0.39 is 4.92 Å². The molecule has 0 saturated carbocycles. The summed E-state index contributed by atoms with van der Waals surface area (Å²) in [7, 11) is 1.80. The zero-order chi connectivity index (χ0) is 14.5. The van der Waals surface area contributed by atoms with Gasteiger partial charge in [-0.05, 0) is 12.1 Å². The molecule has 0 aliphatic rings. The maximum atomic E-state index is 10.9. The Kier molecular flexibility index (Phi) is 4.65. The predicted molar refractivity (Wildman–Crippen MR) is 74.5 cm³/mol. The number of nitro benzene ring substituents is 1. The van der Waals surface area contributed by atoms with Gasteiger partial charge in [-0.25, -0.2) is 4.98 Å². The first kappa shape index (κ1) is 14.4. The van der Waals surface area contributed by atoms with E-state index in [1.165, 1.54) is 12.1 Å². The second-order valence-corrected chi connectivity index (χ2v) is 4.73. The number of rotatable bonds is 6. The Morgan fingerprint density at radius 1 is 1.50 bits per heavy atom. The highest BCUT2D eigenvalue weighted by Crippen LogP contribution is 2.22. The van der Waals surface area contributed by atoms with Crippen LogP contribution in [0.15, 0.2) is 24.5 Å². The third kappa shape index (κ3) is 3.75. The van der Waals surface area contributed by atoms with Gasteiger partial charge in [-0.2, -0.15) is 5.10 Å². The number of halogens is 1. The second kappa shape index (κ2) is 6.44. The van der Waals surface area contributed by atoms with Gasteiger partial charge >= 0.3 is 0 Å². The molecular weight excluding hydrogens is 282 g/mol. The van der Waals surface area contributed by atoms with Crippen LogP contribution in [0.2, 0.25) is 5.02 Å². The summed E-state index contributed by atoms with van der Waals surface area (Å²) in [4.78, 5) is 14.6. The fourth-order valence-electron chi connectivity index (χ4n) is 1.80. The Bertz CT molecular complexity index is 614. The molecule has 0 atom stereocenters. The number of hydrogen-bond donors (Lipinski definition) is 1. The minimum Gasteiger partial charge on any atom is -0.312 e. The smallest absolute Gasteiger partial charge is 0.273 e. The van der Waals surface area contributed by atoms with Crippen molar-refractivity contribution in [2.75, 3.05) is 6.54 Å². The van der Waals surface area contributed by atoms with Gasteiger partial charge in [0.05, 0.1) is 4.92 Å². The summed E-state index contributed by atoms with van der Waals surface area (Å²) in [5.41, 5.74) is 0.634. The average Bonchev–Trinajstić information content (AvgIpc) is 2.80. The van der Waals surface area contributed by atoms with E-state index in [4.69, 9.17) is 11.6 Å². The zero-order valence-electron chi connectivity index (χ0n) is 10.9. The van der Waals surface area contributed by atoms with Crippen LogP contribution in [0, 0.1) is 10.1 Å². The van der Waals surface area contributed by atoms with Crippen LogP contribution in [0.1, 0.15) is 11.4 Å². The number of benzene rings is 1. The number of nitro groups is 1. The molecule has 2 rings (SSSR count). The summed E-state index contributed by atoms with van der Waals surface area (Å²) in [6.45, 7) is 1.01. The molecule has 0 unspecified atom stereocenters. The molecule has 1 aromatic heterocycles. The molecule has 0 radical (unpaired) electrons. The van der Waals surface area contributed by atoms with Gasteiger partial charge in [0.1, 0.15) is 6.33 Å². The molecule has 1 heterocycles. The van der Waals surface area contributed by atoms with Crippen molar-refractivity contribution < 1.29 is 4.92 Å². The van der Waals surface area contributed by atoms with Crippen LogP contribution in [0.4, 0.5) is 5.69 Å². The molecule has 8 heteroatoms. The van der Waals surface area contributed by atoms with Crippen LogP contribution in [-0.4, -0.2) is 26.2 Å². The third-order valence-electron chi connectivity index (χ3n) is 2.73. The largest absolute Gasteiger partial charge is 0.312 e. The van der Waals surface area contributed by atoms with Gasteiger partial charge in [-0.15, -0.1) is 0 Å². The van der Waals surface area contributed by atoms with E-state index in [9.17, 15) is 10.1 Å². The molecule has 1 aromatic carbocycles. The Labute approximate surface area is 120 Å². The number of nitrogens with one attached hydrogen (secondary N) is 1. The lowest BCUT2D eigenvalue weighted by molar-refractivity contribution is -0.385. The van der Waals surface area contributed by atoms with Crippen molar-refractivity contribution in [2.24, 2.45) is 7.05 Å². The lowest BCUT2D eigenvalue weighted by Gasteiger charge is -2.05. The van der Waals surface area contributed by atoms with E-state index >= 15 is 0 Å². The van der Waals surface area contributed by atoms with Gasteiger partial charge in [0.25, 0.3) is 5.69 Å². The Morgan fingerprint density at radius 2 is 2.30 bits per heavy atom. The van der Waals surface area contributed by atoms with E-state index in [0.717, 1.165) is 5.82 Å². The maximum Gasteiger partial charge on any atom is 0.273 e. The van der Waals surface area contributed by atoms with Crippen molar-refractivity contribution in [1.82, 2.24) is 20.1 Å². The molecule has 106 valence electrons. The highest BCUT2D eigenvalue weighted by molar-refractivity contribution is 6.30. The summed E-state index contributed by atoms with van der Waals surface area (Å²) in [5.74, 6) is 0.737. The summed E-state index contributed by atoms with van der Waals surface area (Å²) in [6, 6.07) is 4.53. The van der Waals surface area contributed by atoms with Crippen LogP contribution in [0.5, 0.6) is 0 Å². The first-order chi connectivity index (χ1) is 9.56. The highest BCUT2D eigenvalue weighted by Gasteiger charge is 2.13. The normalized spacial score (nSPS) is 10.7. The van der Waals surface area contributed by atoms with Gasteiger partial charge in [0, 0.05) is 43.2 Å². The number of hydrogen-bond acceptors (Lipinski definition) is 5.